The van der Waals surface area contributed by atoms with E-state index in [2.05, 4.69) is 45.7 Å². The van der Waals surface area contributed by atoms with Gasteiger partial charge in [-0.05, 0) is 25.1 Å². The molecule has 3 heteroatoms. The summed E-state index contributed by atoms with van der Waals surface area (Å²) in [5, 5.41) is 0.133. The van der Waals surface area contributed by atoms with Gasteiger partial charge in [0.05, 0.1) is 0 Å². The zero-order valence-electron chi connectivity index (χ0n) is 10.7. The Bertz CT molecular complexity index is 266. The molecule has 0 saturated heterocycles. The van der Waals surface area contributed by atoms with Gasteiger partial charge >= 0.3 is 0 Å². The van der Waals surface area contributed by atoms with Gasteiger partial charge in [-0.3, -0.25) is 0 Å². The van der Waals surface area contributed by atoms with Crippen molar-refractivity contribution in [3.05, 3.63) is 0 Å². The van der Waals surface area contributed by atoms with Crippen LogP contribution in [0.4, 0.5) is 0 Å². The van der Waals surface area contributed by atoms with Crippen molar-refractivity contribution in [1.29, 1.82) is 0 Å². The van der Waals surface area contributed by atoms with E-state index in [1.807, 2.05) is 0 Å². The maximum Gasteiger partial charge on any atom is 0.193 e. The van der Waals surface area contributed by atoms with E-state index in [9.17, 15) is 4.79 Å². The Balaban J connectivity index is 4.51. The lowest BCUT2D eigenvalue weighted by Crippen LogP contribution is -2.44. The molecule has 0 aliphatic rings. The fraction of sp³-hybridized carbons (Fsp3) is 0.750. The normalized spacial score (nSPS) is 14.0. The van der Waals surface area contributed by atoms with Gasteiger partial charge in [0, 0.05) is 6.42 Å². The van der Waals surface area contributed by atoms with E-state index in [0.29, 0.717) is 6.42 Å². The van der Waals surface area contributed by atoms with E-state index in [0.717, 1.165) is 6.29 Å². The molecule has 0 aliphatic heterocycles. The lowest BCUT2D eigenvalue weighted by molar-refractivity contribution is -0.113. The third kappa shape index (κ3) is 4.63. The first kappa shape index (κ1) is 14.4. The largest absolute Gasteiger partial charge is 0.406 e. The predicted molar refractivity (Wildman–Crippen MR) is 66.2 cm³/mol. The topological polar surface area (TPSA) is 26.3 Å². The van der Waals surface area contributed by atoms with Gasteiger partial charge in [-0.2, -0.15) is 0 Å². The van der Waals surface area contributed by atoms with Gasteiger partial charge < -0.3 is 9.22 Å². The molecule has 0 N–H and O–H groups in total. The Morgan fingerprint density at radius 3 is 2.27 bits per heavy atom. The minimum atomic E-state index is -1.84. The smallest absolute Gasteiger partial charge is 0.193 e. The van der Waals surface area contributed by atoms with Gasteiger partial charge in [0.15, 0.2) is 8.32 Å². The SMILES string of the molecule is CC#CCC(C=O)O[Si](C)(C)C(C)(C)C. The number of hydrogen-bond acceptors (Lipinski definition) is 2. The maximum atomic E-state index is 10.8. The molecule has 0 aliphatic carbocycles. The molecule has 0 saturated carbocycles. The Kier molecular flexibility index (Phi) is 5.26. The lowest BCUT2D eigenvalue weighted by Gasteiger charge is -2.37. The summed E-state index contributed by atoms with van der Waals surface area (Å²) in [5.74, 6) is 5.67. The van der Waals surface area contributed by atoms with Crippen molar-refractivity contribution in [2.75, 3.05) is 0 Å². The zero-order chi connectivity index (χ0) is 12.1. The van der Waals surface area contributed by atoms with Crippen molar-refractivity contribution < 1.29 is 9.22 Å². The first-order chi connectivity index (χ1) is 6.74. The number of carbonyl (C=O) groups is 1. The molecule has 0 spiro atoms. The van der Waals surface area contributed by atoms with Crippen LogP contribution in [-0.2, 0) is 9.22 Å². The summed E-state index contributed by atoms with van der Waals surface area (Å²) >= 11 is 0. The first-order valence-corrected chi connectivity index (χ1v) is 8.18. The second-order valence-electron chi connectivity index (χ2n) is 5.18. The van der Waals surface area contributed by atoms with Crippen LogP contribution < -0.4 is 0 Å². The minimum absolute atomic E-state index is 0.133. The second kappa shape index (κ2) is 5.48. The Morgan fingerprint density at radius 2 is 1.93 bits per heavy atom. The molecule has 0 bridgehead atoms. The highest BCUT2D eigenvalue weighted by molar-refractivity contribution is 6.74. The third-order valence-electron chi connectivity index (χ3n) is 2.88. The maximum absolute atomic E-state index is 10.8. The highest BCUT2D eigenvalue weighted by Crippen LogP contribution is 2.37. The molecule has 0 fully saturated rings. The van der Waals surface area contributed by atoms with Crippen LogP contribution in [0.15, 0.2) is 0 Å². The number of hydrogen-bond donors (Lipinski definition) is 0. The van der Waals surface area contributed by atoms with Crippen LogP contribution in [-0.4, -0.2) is 20.7 Å². The summed E-state index contributed by atoms with van der Waals surface area (Å²) in [5.41, 5.74) is 0. The predicted octanol–water partition coefficient (Wildman–Crippen LogP) is 2.99. The average Bonchev–Trinajstić information content (AvgIpc) is 2.10. The third-order valence-corrected chi connectivity index (χ3v) is 7.39. The molecule has 0 amide bonds. The van der Waals surface area contributed by atoms with Crippen LogP contribution in [0.25, 0.3) is 0 Å². The van der Waals surface area contributed by atoms with Crippen LogP contribution in [0.3, 0.4) is 0 Å². The van der Waals surface area contributed by atoms with E-state index in [4.69, 9.17) is 4.43 Å². The Hall–Kier alpha value is -0.593. The number of rotatable bonds is 4. The summed E-state index contributed by atoms with van der Waals surface area (Å²) in [6.07, 6.45) is 1.01. The lowest BCUT2D eigenvalue weighted by atomic mass is 10.2. The van der Waals surface area contributed by atoms with Crippen LogP contribution in [0, 0.1) is 11.8 Å². The van der Waals surface area contributed by atoms with Crippen molar-refractivity contribution in [3.63, 3.8) is 0 Å². The fourth-order valence-electron chi connectivity index (χ4n) is 0.875. The molecule has 0 rings (SSSR count). The zero-order valence-corrected chi connectivity index (χ0v) is 11.7. The van der Waals surface area contributed by atoms with Gasteiger partial charge in [0.25, 0.3) is 0 Å². The standard InChI is InChI=1S/C12H22O2Si/c1-7-8-9-11(10-13)14-15(5,6)12(2,3)4/h10-11H,9H2,1-6H3. The summed E-state index contributed by atoms with van der Waals surface area (Å²) in [4.78, 5) is 10.8. The monoisotopic (exact) mass is 226 g/mol. The van der Waals surface area contributed by atoms with Gasteiger partial charge in [-0.25, -0.2) is 0 Å². The van der Waals surface area contributed by atoms with Crippen molar-refractivity contribution in [1.82, 2.24) is 0 Å². The van der Waals surface area contributed by atoms with E-state index < -0.39 is 8.32 Å². The van der Waals surface area contributed by atoms with E-state index in [-0.39, 0.29) is 11.1 Å². The van der Waals surface area contributed by atoms with Gasteiger partial charge in [-0.15, -0.1) is 11.8 Å². The fourth-order valence-corrected chi connectivity index (χ4v) is 2.12. The molecule has 0 aromatic rings. The first-order valence-electron chi connectivity index (χ1n) is 5.27. The molecule has 1 atom stereocenters. The van der Waals surface area contributed by atoms with Crippen LogP contribution in [0.5, 0.6) is 0 Å². The van der Waals surface area contributed by atoms with E-state index >= 15 is 0 Å². The number of aldehydes is 1. The molecule has 1 unspecified atom stereocenters. The minimum Gasteiger partial charge on any atom is -0.406 e. The van der Waals surface area contributed by atoms with Crippen molar-refractivity contribution in [3.8, 4) is 11.8 Å². The van der Waals surface area contributed by atoms with Crippen LogP contribution in [0.1, 0.15) is 34.1 Å². The molecule has 0 aromatic heterocycles. The molecular weight excluding hydrogens is 204 g/mol. The van der Waals surface area contributed by atoms with Gasteiger partial charge in [0.1, 0.15) is 12.4 Å². The molecule has 0 heterocycles. The Morgan fingerprint density at radius 1 is 1.40 bits per heavy atom. The molecule has 0 radical (unpaired) electrons. The number of carbonyl (C=O) groups excluding carboxylic acids is 1. The molecule has 2 nitrogen and oxygen atoms in total. The molecule has 0 aromatic carbocycles. The Labute approximate surface area is 94.5 Å². The van der Waals surface area contributed by atoms with Crippen LogP contribution >= 0.6 is 0 Å². The van der Waals surface area contributed by atoms with E-state index in [1.54, 1.807) is 6.92 Å². The summed E-state index contributed by atoms with van der Waals surface area (Å²) in [6, 6.07) is 0. The molecule has 86 valence electrons. The quantitative estimate of drug-likeness (QED) is 0.418. The summed E-state index contributed by atoms with van der Waals surface area (Å²) in [6.45, 7) is 12.5. The van der Waals surface area contributed by atoms with Gasteiger partial charge in [0.2, 0.25) is 0 Å². The summed E-state index contributed by atoms with van der Waals surface area (Å²) < 4.78 is 5.92. The average molecular weight is 226 g/mol. The van der Waals surface area contributed by atoms with Crippen molar-refractivity contribution >= 4 is 14.6 Å². The second-order valence-corrected chi connectivity index (χ2v) is 9.94. The van der Waals surface area contributed by atoms with E-state index in [1.165, 1.54) is 0 Å². The van der Waals surface area contributed by atoms with Crippen molar-refractivity contribution in [2.45, 2.75) is 58.4 Å². The van der Waals surface area contributed by atoms with Crippen LogP contribution in [0.2, 0.25) is 18.1 Å². The molecular formula is C12H22O2Si. The highest BCUT2D eigenvalue weighted by Gasteiger charge is 2.38. The highest BCUT2D eigenvalue weighted by atomic mass is 28.4. The molecule has 15 heavy (non-hydrogen) atoms. The van der Waals surface area contributed by atoms with Crippen molar-refractivity contribution in [2.24, 2.45) is 0 Å². The summed E-state index contributed by atoms with van der Waals surface area (Å²) in [7, 11) is -1.84. The van der Waals surface area contributed by atoms with Gasteiger partial charge in [-0.1, -0.05) is 20.8 Å².